The molecule has 0 heterocycles. The van der Waals surface area contributed by atoms with E-state index in [1.807, 2.05) is 12.1 Å². The lowest BCUT2D eigenvalue weighted by atomic mass is 9.59. The molecule has 1 aromatic carbocycles. The summed E-state index contributed by atoms with van der Waals surface area (Å²) >= 11 is 0. The number of methoxy groups -OCH3 is 1. The van der Waals surface area contributed by atoms with Crippen LogP contribution in [0.4, 0.5) is 0 Å². The lowest BCUT2D eigenvalue weighted by molar-refractivity contribution is -0.151. The van der Waals surface area contributed by atoms with Crippen LogP contribution >= 0.6 is 0 Å². The number of hydrogen-bond acceptors (Lipinski definition) is 6. The number of fused-ring (bicyclic) bond motifs is 2. The molecular weight excluding hydrogens is 434 g/mol. The fourth-order valence-corrected chi connectivity index (χ4v) is 5.48. The lowest BCUT2D eigenvalue weighted by Gasteiger charge is -2.49. The third-order valence-corrected chi connectivity index (χ3v) is 7.57. The number of benzene rings is 1. The minimum absolute atomic E-state index is 0.0807. The molecule has 1 aromatic rings. The summed E-state index contributed by atoms with van der Waals surface area (Å²) in [6.45, 7) is 4.38. The second kappa shape index (κ2) is 11.1. The molecule has 0 aromatic heterocycles. The summed E-state index contributed by atoms with van der Waals surface area (Å²) in [6.07, 6.45) is 6.97. The number of aromatic hydroxyl groups is 1. The number of ether oxygens (including phenoxy) is 2. The zero-order chi connectivity index (χ0) is 24.9. The van der Waals surface area contributed by atoms with Crippen molar-refractivity contribution >= 4 is 11.9 Å². The van der Waals surface area contributed by atoms with E-state index in [1.165, 1.54) is 14.0 Å². The highest BCUT2D eigenvalue weighted by Gasteiger charge is 2.47. The number of aryl methyl sites for hydroxylation is 1. The number of nitrogens with two attached hydrogens (primary N) is 1. The summed E-state index contributed by atoms with van der Waals surface area (Å²) in [7, 11) is 3.17. The Morgan fingerprint density at radius 1 is 1.38 bits per heavy atom. The summed E-state index contributed by atoms with van der Waals surface area (Å²) in [5.41, 5.74) is 5.76. The first-order valence-electron chi connectivity index (χ1n) is 12.1. The molecule has 2 bridgehead atoms. The van der Waals surface area contributed by atoms with Crippen molar-refractivity contribution in [2.75, 3.05) is 20.7 Å². The molecule has 0 saturated heterocycles. The Hall–Kier alpha value is -2.74. The molecule has 2 aliphatic carbocycles. The van der Waals surface area contributed by atoms with E-state index >= 15 is 0 Å². The Morgan fingerprint density at radius 2 is 2.15 bits per heavy atom. The van der Waals surface area contributed by atoms with Gasteiger partial charge < -0.3 is 30.7 Å². The van der Waals surface area contributed by atoms with Gasteiger partial charge >= 0.3 is 5.97 Å². The predicted octanol–water partition coefficient (Wildman–Crippen LogP) is 2.77. The number of rotatable bonds is 9. The molecule has 2 aliphatic rings. The number of carbonyl (C=O) groups is 1. The van der Waals surface area contributed by atoms with E-state index in [1.54, 1.807) is 19.2 Å². The quantitative estimate of drug-likeness (QED) is 0.188. The molecular formula is C26H39N3O5. The Labute approximate surface area is 202 Å². The van der Waals surface area contributed by atoms with E-state index in [2.05, 4.69) is 23.3 Å². The average molecular weight is 474 g/mol. The number of allylic oxidation sites excluding steroid dienone is 1. The molecule has 6 unspecified atom stereocenters. The van der Waals surface area contributed by atoms with E-state index in [9.17, 15) is 15.0 Å². The molecule has 8 heteroatoms. The van der Waals surface area contributed by atoms with Gasteiger partial charge in [0.05, 0.1) is 12.7 Å². The first-order chi connectivity index (χ1) is 16.1. The van der Waals surface area contributed by atoms with Crippen molar-refractivity contribution in [3.63, 3.8) is 0 Å². The molecule has 8 nitrogen and oxygen atoms in total. The van der Waals surface area contributed by atoms with Gasteiger partial charge in [-0.15, -0.1) is 0 Å². The Bertz CT molecular complexity index is 918. The van der Waals surface area contributed by atoms with E-state index in [-0.39, 0.29) is 17.6 Å². The van der Waals surface area contributed by atoms with Gasteiger partial charge in [-0.05, 0) is 67.1 Å². The van der Waals surface area contributed by atoms with Crippen LogP contribution in [-0.2, 0) is 16.0 Å². The second-order valence-electron chi connectivity index (χ2n) is 9.77. The summed E-state index contributed by atoms with van der Waals surface area (Å²) in [5.74, 6) is 1.88. The maximum atomic E-state index is 11.8. The molecule has 6 atom stereocenters. The first kappa shape index (κ1) is 25.9. The topological polar surface area (TPSA) is 126 Å². The van der Waals surface area contributed by atoms with E-state index in [0.717, 1.165) is 24.9 Å². The van der Waals surface area contributed by atoms with Crippen LogP contribution in [0.1, 0.15) is 45.1 Å². The molecule has 0 spiro atoms. The van der Waals surface area contributed by atoms with Crippen molar-refractivity contribution < 1.29 is 24.5 Å². The predicted molar refractivity (Wildman–Crippen MR) is 132 cm³/mol. The number of phenolic OH excluding ortho intramolecular Hbond substituents is 1. The number of hydrogen-bond donors (Lipinski definition) is 4. The van der Waals surface area contributed by atoms with Gasteiger partial charge in [-0.3, -0.25) is 9.79 Å². The smallest absolute Gasteiger partial charge is 0.302 e. The third-order valence-electron chi connectivity index (χ3n) is 7.57. The number of phenols is 1. The van der Waals surface area contributed by atoms with Crippen LogP contribution < -0.4 is 15.8 Å². The average Bonchev–Trinajstić information content (AvgIpc) is 2.80. The third kappa shape index (κ3) is 6.23. The van der Waals surface area contributed by atoms with Crippen LogP contribution in [-0.4, -0.2) is 54.5 Å². The molecule has 188 valence electrons. The Balaban J connectivity index is 1.71. The number of esters is 1. The van der Waals surface area contributed by atoms with Crippen LogP contribution in [0.5, 0.6) is 11.5 Å². The highest BCUT2D eigenvalue weighted by Crippen LogP contribution is 2.48. The summed E-state index contributed by atoms with van der Waals surface area (Å²) < 4.78 is 10.8. The van der Waals surface area contributed by atoms with Gasteiger partial charge in [-0.25, -0.2) is 0 Å². The van der Waals surface area contributed by atoms with Crippen molar-refractivity contribution in [2.45, 2.75) is 57.7 Å². The summed E-state index contributed by atoms with van der Waals surface area (Å²) in [5, 5.41) is 24.7. The number of nitrogens with zero attached hydrogens (tertiary/aromatic N) is 1. The number of aliphatic imine (C=N–C) groups is 1. The minimum Gasteiger partial charge on any atom is -0.504 e. The van der Waals surface area contributed by atoms with Crippen LogP contribution in [0.2, 0.25) is 0 Å². The van der Waals surface area contributed by atoms with Gasteiger partial charge in [0, 0.05) is 26.9 Å². The first-order valence-corrected chi connectivity index (χ1v) is 12.1. The normalized spacial score (nSPS) is 29.4. The summed E-state index contributed by atoms with van der Waals surface area (Å²) in [6, 6.07) is 5.21. The zero-order valence-electron chi connectivity index (χ0n) is 20.7. The molecule has 0 aliphatic heterocycles. The van der Waals surface area contributed by atoms with Gasteiger partial charge in [0.15, 0.2) is 17.5 Å². The van der Waals surface area contributed by atoms with Gasteiger partial charge in [-0.1, -0.05) is 25.1 Å². The summed E-state index contributed by atoms with van der Waals surface area (Å²) in [4.78, 5) is 15.8. The number of nitrogens with one attached hydrogen (secondary N) is 1. The fraction of sp³-hybridized carbons (Fsp3) is 0.615. The van der Waals surface area contributed by atoms with Crippen molar-refractivity contribution in [3.05, 3.63) is 35.9 Å². The molecule has 3 rings (SSSR count). The number of aliphatic hydroxyl groups is 1. The lowest BCUT2D eigenvalue weighted by Crippen LogP contribution is -2.50. The molecule has 1 saturated carbocycles. The molecule has 0 amide bonds. The van der Waals surface area contributed by atoms with Crippen molar-refractivity contribution in [1.82, 2.24) is 5.32 Å². The Morgan fingerprint density at radius 3 is 2.82 bits per heavy atom. The van der Waals surface area contributed by atoms with Crippen LogP contribution in [0.25, 0.3) is 0 Å². The van der Waals surface area contributed by atoms with Gasteiger partial charge in [0.2, 0.25) is 0 Å². The monoisotopic (exact) mass is 473 g/mol. The highest BCUT2D eigenvalue weighted by molar-refractivity contribution is 5.77. The van der Waals surface area contributed by atoms with Crippen LogP contribution in [0.3, 0.4) is 0 Å². The highest BCUT2D eigenvalue weighted by atomic mass is 16.5. The SMILES string of the molecule is CN=C(N)NCC1CC2CC(C=CC2(O)CC(CCc2ccc(O)c(OC)c2)OC(C)=O)C1C. The van der Waals surface area contributed by atoms with Crippen LogP contribution in [0.15, 0.2) is 35.3 Å². The van der Waals surface area contributed by atoms with Crippen molar-refractivity contribution in [3.8, 4) is 11.5 Å². The largest absolute Gasteiger partial charge is 0.504 e. The molecule has 1 fully saturated rings. The van der Waals surface area contributed by atoms with E-state index < -0.39 is 11.7 Å². The number of guanidine groups is 1. The van der Waals surface area contributed by atoms with E-state index in [0.29, 0.717) is 48.7 Å². The van der Waals surface area contributed by atoms with Gasteiger partial charge in [-0.2, -0.15) is 0 Å². The van der Waals surface area contributed by atoms with Crippen molar-refractivity contribution in [1.29, 1.82) is 0 Å². The van der Waals surface area contributed by atoms with Gasteiger partial charge in [0.1, 0.15) is 6.10 Å². The zero-order valence-corrected chi connectivity index (χ0v) is 20.7. The van der Waals surface area contributed by atoms with Crippen LogP contribution in [0, 0.1) is 23.7 Å². The fourth-order valence-electron chi connectivity index (χ4n) is 5.48. The molecule has 34 heavy (non-hydrogen) atoms. The maximum Gasteiger partial charge on any atom is 0.302 e. The second-order valence-corrected chi connectivity index (χ2v) is 9.77. The Kier molecular flexibility index (Phi) is 8.47. The molecule has 0 radical (unpaired) electrons. The van der Waals surface area contributed by atoms with Gasteiger partial charge in [0.25, 0.3) is 0 Å². The standard InChI is InChI=1S/C26H39N3O5/c1-16-19-9-10-26(32,21(12-19)13-20(16)15-29-25(27)28-3)14-22(34-17(2)30)7-5-18-6-8-23(31)24(11-18)33-4/h6,8-11,16,19-22,31-32H,5,7,12-15H2,1-4H3,(H3,27,28,29). The van der Waals surface area contributed by atoms with E-state index in [4.69, 9.17) is 15.2 Å². The maximum absolute atomic E-state index is 11.8. The number of carbonyl (C=O) groups excluding carboxylic acids is 1. The molecule has 5 N–H and O–H groups in total. The van der Waals surface area contributed by atoms with Crippen molar-refractivity contribution in [2.24, 2.45) is 34.4 Å². The minimum atomic E-state index is -1.04.